The van der Waals surface area contributed by atoms with Crippen LogP contribution >= 0.6 is 0 Å². The van der Waals surface area contributed by atoms with Gasteiger partial charge >= 0.3 is 0 Å². The third kappa shape index (κ3) is 2.56. The summed E-state index contributed by atoms with van der Waals surface area (Å²) >= 11 is 0. The van der Waals surface area contributed by atoms with Crippen LogP contribution in [-0.4, -0.2) is 43.1 Å². The van der Waals surface area contributed by atoms with E-state index in [1.54, 1.807) is 0 Å². The second kappa shape index (κ2) is 5.45. The zero-order valence-corrected chi connectivity index (χ0v) is 9.95. The molecule has 3 unspecified atom stereocenters. The zero-order valence-electron chi connectivity index (χ0n) is 9.95. The van der Waals surface area contributed by atoms with Crippen LogP contribution in [0.5, 0.6) is 0 Å². The molecule has 0 spiro atoms. The van der Waals surface area contributed by atoms with E-state index in [0.29, 0.717) is 25.1 Å². The van der Waals surface area contributed by atoms with Crippen molar-refractivity contribution in [3.05, 3.63) is 0 Å². The average molecular weight is 228 g/mol. The molecule has 16 heavy (non-hydrogen) atoms. The molecule has 94 valence electrons. The molecule has 0 amide bonds. The number of aliphatic hydroxyl groups excluding tert-OH is 1. The van der Waals surface area contributed by atoms with Crippen LogP contribution in [0.3, 0.4) is 0 Å². The Labute approximate surface area is 97.5 Å². The normalized spacial score (nSPS) is 40.1. The maximum atomic E-state index is 9.39. The van der Waals surface area contributed by atoms with Crippen molar-refractivity contribution >= 4 is 0 Å². The Morgan fingerprint density at radius 2 is 2.19 bits per heavy atom. The Kier molecular flexibility index (Phi) is 4.19. The molecular formula is C12H24N2O2. The predicted octanol–water partition coefficient (Wildman–Crippen LogP) is 0.245. The van der Waals surface area contributed by atoms with E-state index in [2.05, 4.69) is 5.32 Å². The van der Waals surface area contributed by atoms with Gasteiger partial charge < -0.3 is 20.9 Å². The molecule has 2 fully saturated rings. The Morgan fingerprint density at radius 3 is 2.81 bits per heavy atom. The number of hydrogen-bond donors (Lipinski definition) is 3. The number of nitrogens with one attached hydrogen (secondary N) is 1. The fraction of sp³-hybridized carbons (Fsp3) is 1.00. The maximum absolute atomic E-state index is 9.39. The molecule has 4 heteroatoms. The van der Waals surface area contributed by atoms with Gasteiger partial charge in [0.05, 0.1) is 12.1 Å². The maximum Gasteiger partial charge on any atom is 0.0661 e. The molecule has 3 atom stereocenters. The summed E-state index contributed by atoms with van der Waals surface area (Å²) in [4.78, 5) is 0. The minimum atomic E-state index is -0.0323. The van der Waals surface area contributed by atoms with Crippen molar-refractivity contribution in [3.8, 4) is 0 Å². The summed E-state index contributed by atoms with van der Waals surface area (Å²) in [6.45, 7) is 2.44. The molecule has 4 N–H and O–H groups in total. The van der Waals surface area contributed by atoms with Crippen LogP contribution in [0.1, 0.15) is 32.1 Å². The summed E-state index contributed by atoms with van der Waals surface area (Å²) < 4.78 is 5.46. The molecule has 0 radical (unpaired) electrons. The Hall–Kier alpha value is -0.160. The van der Waals surface area contributed by atoms with Gasteiger partial charge in [0.15, 0.2) is 0 Å². The molecule has 2 aliphatic rings. The standard InChI is InChI=1S/C12H24N2O2/c13-8-12(5-6-16-9-12)14-11-4-2-1-3-10(11)7-15/h10-11,14-15H,1-9,13H2. The average Bonchev–Trinajstić information content (AvgIpc) is 2.79. The number of nitrogens with two attached hydrogens (primary N) is 1. The molecular weight excluding hydrogens is 204 g/mol. The third-order valence-corrected chi connectivity index (χ3v) is 4.13. The number of rotatable bonds is 4. The van der Waals surface area contributed by atoms with Crippen molar-refractivity contribution < 1.29 is 9.84 Å². The smallest absolute Gasteiger partial charge is 0.0661 e. The van der Waals surface area contributed by atoms with Crippen molar-refractivity contribution in [1.82, 2.24) is 5.32 Å². The van der Waals surface area contributed by atoms with E-state index in [0.717, 1.165) is 32.5 Å². The fourth-order valence-corrected chi connectivity index (χ4v) is 2.95. The summed E-state index contributed by atoms with van der Waals surface area (Å²) in [7, 11) is 0. The molecule has 1 saturated heterocycles. The quantitative estimate of drug-likeness (QED) is 0.645. The van der Waals surface area contributed by atoms with Crippen LogP contribution in [-0.2, 0) is 4.74 Å². The molecule has 0 aromatic carbocycles. The lowest BCUT2D eigenvalue weighted by molar-refractivity contribution is 0.114. The third-order valence-electron chi connectivity index (χ3n) is 4.13. The SMILES string of the molecule is NCC1(NC2CCCCC2CO)CCOC1. The van der Waals surface area contributed by atoms with Crippen LogP contribution in [0.25, 0.3) is 0 Å². The first-order valence-corrected chi connectivity index (χ1v) is 6.46. The minimum absolute atomic E-state index is 0.0323. The lowest BCUT2D eigenvalue weighted by Crippen LogP contribution is -2.58. The summed E-state index contributed by atoms with van der Waals surface area (Å²) in [6, 6.07) is 0.420. The molecule has 0 aromatic rings. The second-order valence-electron chi connectivity index (χ2n) is 5.26. The monoisotopic (exact) mass is 228 g/mol. The van der Waals surface area contributed by atoms with Gasteiger partial charge in [-0.15, -0.1) is 0 Å². The molecule has 1 aliphatic heterocycles. The van der Waals surface area contributed by atoms with Crippen LogP contribution in [0, 0.1) is 5.92 Å². The zero-order chi connectivity index (χ0) is 11.4. The number of aliphatic hydroxyl groups is 1. The molecule has 1 aliphatic carbocycles. The van der Waals surface area contributed by atoms with Crippen LogP contribution in [0.15, 0.2) is 0 Å². The van der Waals surface area contributed by atoms with Gasteiger partial charge in [0.25, 0.3) is 0 Å². The highest BCUT2D eigenvalue weighted by Crippen LogP contribution is 2.27. The van der Waals surface area contributed by atoms with Gasteiger partial charge in [0.2, 0.25) is 0 Å². The van der Waals surface area contributed by atoms with Gasteiger partial charge in [-0.25, -0.2) is 0 Å². The predicted molar refractivity (Wildman–Crippen MR) is 63.2 cm³/mol. The fourth-order valence-electron chi connectivity index (χ4n) is 2.95. The van der Waals surface area contributed by atoms with E-state index in [1.165, 1.54) is 12.8 Å². The highest BCUT2D eigenvalue weighted by Gasteiger charge is 2.37. The number of ether oxygens (including phenoxy) is 1. The van der Waals surface area contributed by atoms with Gasteiger partial charge in [-0.05, 0) is 25.2 Å². The first kappa shape index (κ1) is 12.3. The van der Waals surface area contributed by atoms with Gasteiger partial charge in [0, 0.05) is 25.8 Å². The Bertz CT molecular complexity index is 217. The molecule has 0 bridgehead atoms. The summed E-state index contributed by atoms with van der Waals surface area (Å²) in [5.41, 5.74) is 5.84. The second-order valence-corrected chi connectivity index (χ2v) is 5.26. The van der Waals surface area contributed by atoms with Crippen LogP contribution < -0.4 is 11.1 Å². The Morgan fingerprint density at radius 1 is 1.38 bits per heavy atom. The highest BCUT2D eigenvalue weighted by molar-refractivity contribution is 4.97. The van der Waals surface area contributed by atoms with E-state index in [-0.39, 0.29) is 5.54 Å². The van der Waals surface area contributed by atoms with Crippen molar-refractivity contribution in [2.75, 3.05) is 26.4 Å². The number of hydrogen-bond acceptors (Lipinski definition) is 4. The van der Waals surface area contributed by atoms with Crippen molar-refractivity contribution in [2.45, 2.75) is 43.7 Å². The molecule has 1 saturated carbocycles. The van der Waals surface area contributed by atoms with E-state index in [9.17, 15) is 5.11 Å². The molecule has 2 rings (SSSR count). The first-order chi connectivity index (χ1) is 7.79. The van der Waals surface area contributed by atoms with Crippen molar-refractivity contribution in [3.63, 3.8) is 0 Å². The first-order valence-electron chi connectivity index (χ1n) is 6.46. The van der Waals surface area contributed by atoms with Gasteiger partial charge in [-0.3, -0.25) is 0 Å². The topological polar surface area (TPSA) is 67.5 Å². The molecule has 1 heterocycles. The lowest BCUT2D eigenvalue weighted by Gasteiger charge is -2.38. The van der Waals surface area contributed by atoms with E-state index >= 15 is 0 Å². The van der Waals surface area contributed by atoms with Gasteiger partial charge in [-0.2, -0.15) is 0 Å². The van der Waals surface area contributed by atoms with E-state index in [1.807, 2.05) is 0 Å². The van der Waals surface area contributed by atoms with E-state index in [4.69, 9.17) is 10.5 Å². The lowest BCUT2D eigenvalue weighted by atomic mass is 9.83. The minimum Gasteiger partial charge on any atom is -0.396 e. The summed E-state index contributed by atoms with van der Waals surface area (Å²) in [5, 5.41) is 13.1. The molecule has 0 aromatic heterocycles. The van der Waals surface area contributed by atoms with Crippen LogP contribution in [0.4, 0.5) is 0 Å². The molecule has 4 nitrogen and oxygen atoms in total. The summed E-state index contributed by atoms with van der Waals surface area (Å²) in [6.07, 6.45) is 5.80. The highest BCUT2D eigenvalue weighted by atomic mass is 16.5. The van der Waals surface area contributed by atoms with Gasteiger partial charge in [-0.1, -0.05) is 12.8 Å². The van der Waals surface area contributed by atoms with Crippen LogP contribution in [0.2, 0.25) is 0 Å². The van der Waals surface area contributed by atoms with Gasteiger partial charge in [0.1, 0.15) is 0 Å². The van der Waals surface area contributed by atoms with Crippen molar-refractivity contribution in [1.29, 1.82) is 0 Å². The van der Waals surface area contributed by atoms with E-state index < -0.39 is 0 Å². The summed E-state index contributed by atoms with van der Waals surface area (Å²) in [5.74, 6) is 0.401. The Balaban J connectivity index is 1.95. The largest absolute Gasteiger partial charge is 0.396 e. The van der Waals surface area contributed by atoms with Crippen molar-refractivity contribution in [2.24, 2.45) is 11.7 Å².